The molecule has 1 aliphatic carbocycles. The predicted octanol–water partition coefficient (Wildman–Crippen LogP) is 2.79. The molecule has 1 aliphatic rings. The number of nitro groups is 1. The Balaban J connectivity index is 2.15. The number of benzene rings is 1. The first kappa shape index (κ1) is 14.2. The Bertz CT molecular complexity index is 535. The molecule has 1 aromatic rings. The average Bonchev–Trinajstić information content (AvgIpc) is 2.38. The highest BCUT2D eigenvalue weighted by atomic mass is 19.1. The number of hydrogen-bond acceptors (Lipinski definition) is 4. The minimum atomic E-state index is -0.856. The molecule has 0 radical (unpaired) electrons. The molecule has 2 rings (SSSR count). The van der Waals surface area contributed by atoms with E-state index in [4.69, 9.17) is 5.11 Å². The second-order valence-electron chi connectivity index (χ2n) is 4.96. The third-order valence-electron chi connectivity index (χ3n) is 3.54. The SMILES string of the molecule is O=C(O)C1CCCC(Nc2cc(F)ccc2[N+](=O)[O-])C1. The number of nitro benzene ring substituents is 1. The van der Waals surface area contributed by atoms with E-state index in [1.807, 2.05) is 0 Å². The van der Waals surface area contributed by atoms with Crippen molar-refractivity contribution in [2.24, 2.45) is 5.92 Å². The quantitative estimate of drug-likeness (QED) is 0.654. The van der Waals surface area contributed by atoms with Crippen molar-refractivity contribution in [3.8, 4) is 0 Å². The Morgan fingerprint density at radius 2 is 2.20 bits per heavy atom. The molecule has 0 bridgehead atoms. The Morgan fingerprint density at radius 3 is 2.85 bits per heavy atom. The largest absolute Gasteiger partial charge is 0.481 e. The molecular formula is C13H15FN2O4. The lowest BCUT2D eigenvalue weighted by molar-refractivity contribution is -0.384. The van der Waals surface area contributed by atoms with E-state index in [2.05, 4.69) is 5.32 Å². The molecule has 0 spiro atoms. The summed E-state index contributed by atoms with van der Waals surface area (Å²) in [7, 11) is 0. The summed E-state index contributed by atoms with van der Waals surface area (Å²) in [6.07, 6.45) is 2.46. The number of rotatable bonds is 4. The normalized spacial score (nSPS) is 22.2. The van der Waals surface area contributed by atoms with Crippen LogP contribution in [0.3, 0.4) is 0 Å². The van der Waals surface area contributed by atoms with Crippen LogP contribution in [0.25, 0.3) is 0 Å². The standard InChI is InChI=1S/C13H15FN2O4/c14-9-4-5-12(16(19)20)11(7-9)15-10-3-1-2-8(6-10)13(17)18/h4-5,7-8,10,15H,1-3,6H2,(H,17,18). The lowest BCUT2D eigenvalue weighted by Gasteiger charge is -2.28. The smallest absolute Gasteiger partial charge is 0.306 e. The molecule has 0 heterocycles. The summed E-state index contributed by atoms with van der Waals surface area (Å²) in [4.78, 5) is 21.3. The van der Waals surface area contributed by atoms with Gasteiger partial charge in [-0.05, 0) is 25.3 Å². The molecular weight excluding hydrogens is 267 g/mol. The molecule has 0 aliphatic heterocycles. The maximum atomic E-state index is 13.2. The van der Waals surface area contributed by atoms with Gasteiger partial charge in [-0.25, -0.2) is 4.39 Å². The molecule has 6 nitrogen and oxygen atoms in total. The zero-order chi connectivity index (χ0) is 14.7. The third-order valence-corrected chi connectivity index (χ3v) is 3.54. The van der Waals surface area contributed by atoms with Crippen molar-refractivity contribution in [1.82, 2.24) is 0 Å². The Morgan fingerprint density at radius 1 is 1.45 bits per heavy atom. The first-order chi connectivity index (χ1) is 9.47. The van der Waals surface area contributed by atoms with Gasteiger partial charge in [0.1, 0.15) is 11.5 Å². The summed E-state index contributed by atoms with van der Waals surface area (Å²) in [5.41, 5.74) is -0.102. The van der Waals surface area contributed by atoms with Crippen LogP contribution in [0, 0.1) is 21.8 Å². The zero-order valence-electron chi connectivity index (χ0n) is 10.7. The van der Waals surface area contributed by atoms with Crippen LogP contribution in [0.15, 0.2) is 18.2 Å². The van der Waals surface area contributed by atoms with Gasteiger partial charge in [-0.3, -0.25) is 14.9 Å². The highest BCUT2D eigenvalue weighted by molar-refractivity contribution is 5.70. The topological polar surface area (TPSA) is 92.5 Å². The van der Waals surface area contributed by atoms with Crippen molar-refractivity contribution >= 4 is 17.3 Å². The summed E-state index contributed by atoms with van der Waals surface area (Å²) in [5, 5.41) is 22.8. The van der Waals surface area contributed by atoms with Gasteiger partial charge < -0.3 is 10.4 Å². The molecule has 1 saturated carbocycles. The zero-order valence-corrected chi connectivity index (χ0v) is 10.7. The molecule has 108 valence electrons. The van der Waals surface area contributed by atoms with Crippen LogP contribution in [0.5, 0.6) is 0 Å². The molecule has 0 saturated heterocycles. The van der Waals surface area contributed by atoms with Crippen LogP contribution in [0.2, 0.25) is 0 Å². The molecule has 0 aromatic heterocycles. The first-order valence-electron chi connectivity index (χ1n) is 6.40. The number of carboxylic acid groups (broad SMARTS) is 1. The van der Waals surface area contributed by atoms with E-state index in [9.17, 15) is 19.3 Å². The number of anilines is 1. The van der Waals surface area contributed by atoms with Gasteiger partial charge in [0.2, 0.25) is 0 Å². The second kappa shape index (κ2) is 5.85. The molecule has 0 amide bonds. The van der Waals surface area contributed by atoms with Crippen molar-refractivity contribution in [3.05, 3.63) is 34.1 Å². The Kier molecular flexibility index (Phi) is 4.16. The number of nitrogens with zero attached hydrogens (tertiary/aromatic N) is 1. The van der Waals surface area contributed by atoms with E-state index >= 15 is 0 Å². The second-order valence-corrected chi connectivity index (χ2v) is 4.96. The number of hydrogen-bond donors (Lipinski definition) is 2. The summed E-state index contributed by atoms with van der Waals surface area (Å²) in [5.74, 6) is -1.87. The lowest BCUT2D eigenvalue weighted by atomic mass is 9.85. The maximum absolute atomic E-state index is 13.2. The number of carbonyl (C=O) groups is 1. The highest BCUT2D eigenvalue weighted by Crippen LogP contribution is 2.31. The van der Waals surface area contributed by atoms with Crippen LogP contribution in [0.1, 0.15) is 25.7 Å². The van der Waals surface area contributed by atoms with Gasteiger partial charge in [-0.2, -0.15) is 0 Å². The van der Waals surface area contributed by atoms with E-state index in [1.165, 1.54) is 0 Å². The maximum Gasteiger partial charge on any atom is 0.306 e. The van der Waals surface area contributed by atoms with E-state index in [1.54, 1.807) is 0 Å². The van der Waals surface area contributed by atoms with Crippen LogP contribution in [-0.2, 0) is 4.79 Å². The number of halogens is 1. The first-order valence-corrected chi connectivity index (χ1v) is 6.40. The van der Waals surface area contributed by atoms with Gasteiger partial charge in [-0.15, -0.1) is 0 Å². The fourth-order valence-electron chi connectivity index (χ4n) is 2.55. The monoisotopic (exact) mass is 282 g/mol. The molecule has 2 unspecified atom stereocenters. The number of carboxylic acids is 1. The molecule has 2 atom stereocenters. The van der Waals surface area contributed by atoms with E-state index in [-0.39, 0.29) is 17.4 Å². The molecule has 1 fully saturated rings. The van der Waals surface area contributed by atoms with Crippen molar-refractivity contribution in [1.29, 1.82) is 0 Å². The van der Waals surface area contributed by atoms with Crippen LogP contribution in [0.4, 0.5) is 15.8 Å². The van der Waals surface area contributed by atoms with Crippen molar-refractivity contribution in [3.63, 3.8) is 0 Å². The van der Waals surface area contributed by atoms with E-state index in [0.29, 0.717) is 12.8 Å². The van der Waals surface area contributed by atoms with Crippen molar-refractivity contribution < 1.29 is 19.2 Å². The highest BCUT2D eigenvalue weighted by Gasteiger charge is 2.28. The Hall–Kier alpha value is -2.18. The minimum absolute atomic E-state index is 0.103. The van der Waals surface area contributed by atoms with E-state index in [0.717, 1.165) is 31.0 Å². The van der Waals surface area contributed by atoms with Gasteiger partial charge in [-0.1, -0.05) is 6.42 Å². The molecule has 1 aromatic carbocycles. The molecule has 7 heteroatoms. The fourth-order valence-corrected chi connectivity index (χ4v) is 2.55. The summed E-state index contributed by atoms with van der Waals surface area (Å²) < 4.78 is 13.2. The summed E-state index contributed by atoms with van der Waals surface area (Å²) >= 11 is 0. The van der Waals surface area contributed by atoms with Crippen LogP contribution in [-0.4, -0.2) is 22.0 Å². The van der Waals surface area contributed by atoms with Crippen molar-refractivity contribution in [2.75, 3.05) is 5.32 Å². The predicted molar refractivity (Wildman–Crippen MR) is 70.1 cm³/mol. The fraction of sp³-hybridized carbons (Fsp3) is 0.462. The Labute approximate surface area is 114 Å². The van der Waals surface area contributed by atoms with Crippen LogP contribution < -0.4 is 5.32 Å². The van der Waals surface area contributed by atoms with E-state index < -0.39 is 22.6 Å². The molecule has 2 N–H and O–H groups in total. The minimum Gasteiger partial charge on any atom is -0.481 e. The van der Waals surface area contributed by atoms with Gasteiger partial charge in [0.25, 0.3) is 5.69 Å². The van der Waals surface area contributed by atoms with Gasteiger partial charge >= 0.3 is 5.97 Å². The van der Waals surface area contributed by atoms with Gasteiger partial charge in [0.05, 0.1) is 10.8 Å². The van der Waals surface area contributed by atoms with Gasteiger partial charge in [0, 0.05) is 18.2 Å². The number of aliphatic carboxylic acids is 1. The summed E-state index contributed by atoms with van der Waals surface area (Å²) in [6, 6.07) is 3.02. The number of nitrogens with one attached hydrogen (secondary N) is 1. The van der Waals surface area contributed by atoms with Gasteiger partial charge in [0.15, 0.2) is 0 Å². The molecule has 20 heavy (non-hydrogen) atoms. The average molecular weight is 282 g/mol. The van der Waals surface area contributed by atoms with Crippen LogP contribution >= 0.6 is 0 Å². The summed E-state index contributed by atoms with van der Waals surface area (Å²) in [6.45, 7) is 0. The van der Waals surface area contributed by atoms with Crippen molar-refractivity contribution in [2.45, 2.75) is 31.7 Å². The third kappa shape index (κ3) is 3.23. The lowest BCUT2D eigenvalue weighted by Crippen LogP contribution is -2.31.